The lowest BCUT2D eigenvalue weighted by atomic mass is 10.2. The van der Waals surface area contributed by atoms with E-state index in [4.69, 9.17) is 16.3 Å². The summed E-state index contributed by atoms with van der Waals surface area (Å²) in [4.78, 5) is 16.2. The number of aryl methyl sites for hydroxylation is 1. The molecule has 1 atom stereocenters. The van der Waals surface area contributed by atoms with E-state index >= 15 is 0 Å². The first kappa shape index (κ1) is 16.9. The molecule has 1 heterocycles. The molecule has 1 saturated heterocycles. The van der Waals surface area contributed by atoms with Crippen LogP contribution >= 0.6 is 11.6 Å². The van der Waals surface area contributed by atoms with Crippen molar-refractivity contribution in [3.63, 3.8) is 0 Å². The van der Waals surface area contributed by atoms with Gasteiger partial charge in [-0.25, -0.2) is 4.79 Å². The number of nitrogens with zero attached hydrogens (tertiary/aromatic N) is 2. The van der Waals surface area contributed by atoms with Gasteiger partial charge in [0.25, 0.3) is 0 Å². The van der Waals surface area contributed by atoms with Crippen molar-refractivity contribution in [2.45, 2.75) is 45.8 Å². The van der Waals surface area contributed by atoms with Gasteiger partial charge in [-0.05, 0) is 57.9 Å². The highest BCUT2D eigenvalue weighted by atomic mass is 35.5. The standard InChI is InChI=1S/C17H25ClN2O2/c1-12-10-13(18)6-7-15(12)20-9-8-14(11-20)19(5)16(21)22-17(2,3)4/h6-7,10,14H,8-9,11H2,1-5H3/t14-/m1/s1. The zero-order valence-corrected chi connectivity index (χ0v) is 14.8. The number of hydrogen-bond donors (Lipinski definition) is 0. The molecule has 0 aromatic heterocycles. The largest absolute Gasteiger partial charge is 0.444 e. The summed E-state index contributed by atoms with van der Waals surface area (Å²) in [5, 5.41) is 0.753. The Morgan fingerprint density at radius 3 is 2.68 bits per heavy atom. The van der Waals surface area contributed by atoms with Crippen molar-refractivity contribution >= 4 is 23.4 Å². The smallest absolute Gasteiger partial charge is 0.410 e. The highest BCUT2D eigenvalue weighted by molar-refractivity contribution is 6.30. The number of ether oxygens (including phenoxy) is 1. The van der Waals surface area contributed by atoms with E-state index in [-0.39, 0.29) is 12.1 Å². The predicted octanol–water partition coefficient (Wildman–Crippen LogP) is 4.09. The van der Waals surface area contributed by atoms with Crippen LogP contribution in [0.25, 0.3) is 0 Å². The van der Waals surface area contributed by atoms with Crippen LogP contribution in [0.1, 0.15) is 32.8 Å². The molecular weight excluding hydrogens is 300 g/mol. The molecule has 0 N–H and O–H groups in total. The molecule has 0 spiro atoms. The molecule has 0 aliphatic carbocycles. The van der Waals surface area contributed by atoms with Crippen molar-refractivity contribution in [1.29, 1.82) is 0 Å². The van der Waals surface area contributed by atoms with Gasteiger partial charge in [-0.3, -0.25) is 0 Å². The first-order valence-electron chi connectivity index (χ1n) is 7.64. The third-order valence-electron chi connectivity index (χ3n) is 3.89. The van der Waals surface area contributed by atoms with Crippen LogP contribution in [0.3, 0.4) is 0 Å². The maximum absolute atomic E-state index is 12.2. The molecule has 0 unspecified atom stereocenters. The normalized spacial score (nSPS) is 18.5. The molecule has 1 fully saturated rings. The maximum atomic E-state index is 12.2. The van der Waals surface area contributed by atoms with Crippen LogP contribution in [0.4, 0.5) is 10.5 Å². The average Bonchev–Trinajstić information content (AvgIpc) is 2.85. The van der Waals surface area contributed by atoms with Gasteiger partial charge >= 0.3 is 6.09 Å². The van der Waals surface area contributed by atoms with Crippen LogP contribution in [0.2, 0.25) is 5.02 Å². The van der Waals surface area contributed by atoms with Crippen molar-refractivity contribution in [3.8, 4) is 0 Å². The Balaban J connectivity index is 2.01. The first-order chi connectivity index (χ1) is 10.2. The van der Waals surface area contributed by atoms with Crippen molar-refractivity contribution < 1.29 is 9.53 Å². The van der Waals surface area contributed by atoms with Crippen LogP contribution in [-0.2, 0) is 4.74 Å². The van der Waals surface area contributed by atoms with Gasteiger partial charge in [0.1, 0.15) is 5.60 Å². The number of rotatable bonds is 2. The third-order valence-corrected chi connectivity index (χ3v) is 4.13. The van der Waals surface area contributed by atoms with Gasteiger partial charge in [-0.15, -0.1) is 0 Å². The Labute approximate surface area is 138 Å². The molecule has 1 aliphatic rings. The molecule has 1 aromatic carbocycles. The van der Waals surface area contributed by atoms with Crippen molar-refractivity contribution in [3.05, 3.63) is 28.8 Å². The Bertz CT molecular complexity index is 554. The van der Waals surface area contributed by atoms with E-state index in [2.05, 4.69) is 11.8 Å². The monoisotopic (exact) mass is 324 g/mol. The fraction of sp³-hybridized carbons (Fsp3) is 0.588. The first-order valence-corrected chi connectivity index (χ1v) is 8.02. The molecule has 0 radical (unpaired) electrons. The molecule has 4 nitrogen and oxygen atoms in total. The SMILES string of the molecule is Cc1cc(Cl)ccc1N1CC[C@@H](N(C)C(=O)OC(C)(C)C)C1. The molecule has 1 aliphatic heterocycles. The van der Waals surface area contributed by atoms with Crippen molar-refractivity contribution in [1.82, 2.24) is 4.90 Å². The summed E-state index contributed by atoms with van der Waals surface area (Å²) >= 11 is 6.02. The van der Waals surface area contributed by atoms with E-state index in [1.165, 1.54) is 5.69 Å². The highest BCUT2D eigenvalue weighted by Crippen LogP contribution is 2.28. The van der Waals surface area contributed by atoms with Gasteiger partial charge in [-0.1, -0.05) is 11.6 Å². The van der Waals surface area contributed by atoms with Crippen molar-refractivity contribution in [2.75, 3.05) is 25.0 Å². The summed E-state index contributed by atoms with van der Waals surface area (Å²) in [7, 11) is 1.82. The van der Waals surface area contributed by atoms with Crippen LogP contribution in [0, 0.1) is 6.92 Å². The number of likely N-dealkylation sites (N-methyl/N-ethyl adjacent to an activating group) is 1. The van der Waals surface area contributed by atoms with E-state index < -0.39 is 5.60 Å². The molecule has 1 amide bonds. The van der Waals surface area contributed by atoms with Gasteiger partial charge < -0.3 is 14.5 Å². The topological polar surface area (TPSA) is 32.8 Å². The van der Waals surface area contributed by atoms with E-state index in [0.717, 1.165) is 30.1 Å². The molecule has 5 heteroatoms. The second-order valence-electron chi connectivity index (χ2n) is 6.91. The summed E-state index contributed by atoms with van der Waals surface area (Å²) < 4.78 is 5.44. The van der Waals surface area contributed by atoms with Crippen LogP contribution in [-0.4, -0.2) is 42.8 Å². The van der Waals surface area contributed by atoms with Gasteiger partial charge in [-0.2, -0.15) is 0 Å². The Hall–Kier alpha value is -1.42. The molecule has 1 aromatic rings. The van der Waals surface area contributed by atoms with Gasteiger partial charge in [0.2, 0.25) is 0 Å². The number of halogens is 1. The minimum atomic E-state index is -0.462. The van der Waals surface area contributed by atoms with Gasteiger partial charge in [0.05, 0.1) is 6.04 Å². The van der Waals surface area contributed by atoms with Crippen LogP contribution in [0.5, 0.6) is 0 Å². The lowest BCUT2D eigenvalue weighted by Gasteiger charge is -2.29. The summed E-state index contributed by atoms with van der Waals surface area (Å²) in [6.07, 6.45) is 0.685. The van der Waals surface area contributed by atoms with E-state index in [0.29, 0.717) is 0 Å². The second-order valence-corrected chi connectivity index (χ2v) is 7.35. The van der Waals surface area contributed by atoms with Gasteiger partial charge in [0.15, 0.2) is 0 Å². The number of amides is 1. The number of anilines is 1. The zero-order chi connectivity index (χ0) is 16.5. The lowest BCUT2D eigenvalue weighted by molar-refractivity contribution is 0.0238. The second kappa shape index (κ2) is 6.37. The zero-order valence-electron chi connectivity index (χ0n) is 14.0. The molecule has 0 saturated carbocycles. The lowest BCUT2D eigenvalue weighted by Crippen LogP contribution is -2.42. The van der Waals surface area contributed by atoms with Gasteiger partial charge in [0, 0.05) is 30.8 Å². The Kier molecular flexibility index (Phi) is 4.90. The molecule has 0 bridgehead atoms. The maximum Gasteiger partial charge on any atom is 0.410 e. The number of carbonyl (C=O) groups is 1. The minimum absolute atomic E-state index is 0.171. The molecule has 2 rings (SSSR count). The fourth-order valence-corrected chi connectivity index (χ4v) is 2.96. The minimum Gasteiger partial charge on any atom is -0.444 e. The van der Waals surface area contributed by atoms with E-state index in [9.17, 15) is 4.79 Å². The molecule has 22 heavy (non-hydrogen) atoms. The number of benzene rings is 1. The summed E-state index contributed by atoms with van der Waals surface area (Å²) in [5.41, 5.74) is 1.88. The number of carbonyl (C=O) groups excluding carboxylic acids is 1. The fourth-order valence-electron chi connectivity index (χ4n) is 2.73. The van der Waals surface area contributed by atoms with Crippen molar-refractivity contribution in [2.24, 2.45) is 0 Å². The van der Waals surface area contributed by atoms with Crippen LogP contribution in [0.15, 0.2) is 18.2 Å². The number of hydrogen-bond acceptors (Lipinski definition) is 3. The molecule has 122 valence electrons. The Morgan fingerprint density at radius 1 is 1.41 bits per heavy atom. The van der Waals surface area contributed by atoms with E-state index in [1.807, 2.05) is 46.0 Å². The van der Waals surface area contributed by atoms with Crippen LogP contribution < -0.4 is 4.90 Å². The average molecular weight is 325 g/mol. The Morgan fingerprint density at radius 2 is 2.09 bits per heavy atom. The highest BCUT2D eigenvalue weighted by Gasteiger charge is 2.31. The van der Waals surface area contributed by atoms with E-state index in [1.54, 1.807) is 4.90 Å². The predicted molar refractivity (Wildman–Crippen MR) is 90.8 cm³/mol. The summed E-state index contributed by atoms with van der Waals surface area (Å²) in [6, 6.07) is 6.11. The summed E-state index contributed by atoms with van der Waals surface area (Å²) in [6.45, 7) is 9.47. The summed E-state index contributed by atoms with van der Waals surface area (Å²) in [5.74, 6) is 0. The third kappa shape index (κ3) is 4.07. The quantitative estimate of drug-likeness (QED) is 0.821. The molecular formula is C17H25ClN2O2.